The van der Waals surface area contributed by atoms with E-state index in [2.05, 4.69) is 46.2 Å². The lowest BCUT2D eigenvalue weighted by atomic mass is 9.87. The van der Waals surface area contributed by atoms with Crippen LogP contribution in [0.3, 0.4) is 0 Å². The molecule has 6 heteroatoms. The fourth-order valence-electron chi connectivity index (χ4n) is 2.65. The Morgan fingerprint density at radius 2 is 1.78 bits per heavy atom. The number of hydrogen-bond donors (Lipinski definition) is 2. The molecule has 23 heavy (non-hydrogen) atoms. The van der Waals surface area contributed by atoms with Gasteiger partial charge in [0.05, 0.1) is 10.0 Å². The summed E-state index contributed by atoms with van der Waals surface area (Å²) in [5, 5.41) is 0.984. The number of rotatable bonds is 4. The summed E-state index contributed by atoms with van der Waals surface area (Å²) >= 11 is 17.9. The second-order valence-corrected chi connectivity index (χ2v) is 6.63. The number of aromatic nitrogens is 1. The molecule has 1 heterocycles. The Morgan fingerprint density at radius 3 is 2.48 bits per heavy atom. The average molecular weight is 369 g/mol. The van der Waals surface area contributed by atoms with E-state index in [4.69, 9.17) is 34.8 Å². The summed E-state index contributed by atoms with van der Waals surface area (Å²) in [5.74, 6) is 1.04. The normalized spacial score (nSPS) is 17.5. The minimum absolute atomic E-state index is 0.224. The van der Waals surface area contributed by atoms with Gasteiger partial charge >= 0.3 is 0 Å². The minimum atomic E-state index is 0.224. The molecule has 1 aliphatic carbocycles. The summed E-state index contributed by atoms with van der Waals surface area (Å²) in [4.78, 5) is 4.12. The van der Waals surface area contributed by atoms with Gasteiger partial charge in [0.2, 0.25) is 0 Å². The van der Waals surface area contributed by atoms with Crippen LogP contribution in [-0.4, -0.2) is 4.98 Å². The monoisotopic (exact) mass is 367 g/mol. The molecule has 0 saturated heterocycles. The summed E-state index contributed by atoms with van der Waals surface area (Å²) in [6.07, 6.45) is 5.29. The lowest BCUT2D eigenvalue weighted by Crippen LogP contribution is -2.24. The van der Waals surface area contributed by atoms with Crippen molar-refractivity contribution in [1.82, 2.24) is 10.4 Å². The number of hydrogen-bond acceptors (Lipinski definition) is 3. The third kappa shape index (κ3) is 4.11. The predicted molar refractivity (Wildman–Crippen MR) is 97.1 cm³/mol. The highest BCUT2D eigenvalue weighted by molar-refractivity contribution is 6.42. The summed E-state index contributed by atoms with van der Waals surface area (Å²) in [5.41, 5.74) is 8.68. The van der Waals surface area contributed by atoms with Crippen LogP contribution in [-0.2, 0) is 0 Å². The lowest BCUT2D eigenvalue weighted by Gasteiger charge is -2.23. The summed E-state index contributed by atoms with van der Waals surface area (Å²) in [6.45, 7) is 0. The maximum absolute atomic E-state index is 6.09. The van der Waals surface area contributed by atoms with Gasteiger partial charge in [-0.15, -0.1) is 0 Å². The van der Waals surface area contributed by atoms with Gasteiger partial charge in [0, 0.05) is 5.70 Å². The molecular weight excluding hydrogens is 353 g/mol. The molecule has 0 spiro atoms. The van der Waals surface area contributed by atoms with Crippen LogP contribution in [0, 0.1) is 0 Å². The molecule has 0 radical (unpaired) electrons. The van der Waals surface area contributed by atoms with E-state index >= 15 is 0 Å². The highest BCUT2D eigenvalue weighted by Gasteiger charge is 2.16. The van der Waals surface area contributed by atoms with Crippen LogP contribution < -0.4 is 10.9 Å². The molecule has 3 nitrogen and oxygen atoms in total. The molecule has 0 unspecified atom stereocenters. The van der Waals surface area contributed by atoms with Crippen molar-refractivity contribution < 1.29 is 0 Å². The molecule has 120 valence electrons. The number of nitrogens with zero attached hydrogens (tertiary/aromatic N) is 1. The standard InChI is InChI=1S/C17H16Cl3N3/c18-14-10-15(19)17(21-16(14)20)23-22-13-8-6-12(7-9-13)11-4-2-1-3-5-11/h1-5,8,10,12,22H,6-7,9H2,(H,21,23)/t12-/m0/s1. The van der Waals surface area contributed by atoms with Gasteiger partial charge in [-0.1, -0.05) is 71.2 Å². The number of pyridine rings is 1. The molecule has 1 atom stereocenters. The van der Waals surface area contributed by atoms with Crippen molar-refractivity contribution in [2.45, 2.75) is 25.2 Å². The topological polar surface area (TPSA) is 37.0 Å². The zero-order valence-electron chi connectivity index (χ0n) is 12.3. The van der Waals surface area contributed by atoms with Crippen LogP contribution in [0.1, 0.15) is 30.7 Å². The molecule has 0 fully saturated rings. The quantitative estimate of drug-likeness (QED) is 0.528. The zero-order chi connectivity index (χ0) is 16.2. The van der Waals surface area contributed by atoms with Crippen molar-refractivity contribution in [1.29, 1.82) is 0 Å². The zero-order valence-corrected chi connectivity index (χ0v) is 14.6. The van der Waals surface area contributed by atoms with E-state index in [1.54, 1.807) is 6.07 Å². The van der Waals surface area contributed by atoms with E-state index in [0.29, 0.717) is 21.8 Å². The van der Waals surface area contributed by atoms with Crippen LogP contribution in [0.15, 0.2) is 48.2 Å². The van der Waals surface area contributed by atoms with Gasteiger partial charge < -0.3 is 5.43 Å². The Balaban J connectivity index is 1.60. The van der Waals surface area contributed by atoms with Gasteiger partial charge in [0.15, 0.2) is 5.82 Å². The number of anilines is 1. The Morgan fingerprint density at radius 1 is 1.00 bits per heavy atom. The van der Waals surface area contributed by atoms with Crippen LogP contribution in [0.2, 0.25) is 15.2 Å². The summed E-state index contributed by atoms with van der Waals surface area (Å²) in [6, 6.07) is 12.2. The SMILES string of the molecule is Clc1cc(Cl)c(NNC2=CC[C@H](c3ccccc3)CC2)nc1Cl. The second-order valence-electron chi connectivity index (χ2n) is 5.45. The van der Waals surface area contributed by atoms with Gasteiger partial charge in [-0.05, 0) is 36.8 Å². The number of halogens is 3. The van der Waals surface area contributed by atoms with Crippen molar-refractivity contribution in [3.05, 3.63) is 68.9 Å². The molecule has 1 aliphatic rings. The molecule has 0 saturated carbocycles. The van der Waals surface area contributed by atoms with E-state index in [1.807, 2.05) is 6.07 Å². The minimum Gasteiger partial charge on any atom is -0.304 e. The van der Waals surface area contributed by atoms with Crippen molar-refractivity contribution in [3.63, 3.8) is 0 Å². The van der Waals surface area contributed by atoms with E-state index in [0.717, 1.165) is 25.0 Å². The highest BCUT2D eigenvalue weighted by atomic mass is 35.5. The van der Waals surface area contributed by atoms with E-state index in [-0.39, 0.29) is 5.15 Å². The Labute approximate surface area is 150 Å². The summed E-state index contributed by atoms with van der Waals surface area (Å²) < 4.78 is 0. The van der Waals surface area contributed by atoms with E-state index in [9.17, 15) is 0 Å². The number of benzene rings is 1. The third-order valence-corrected chi connectivity index (χ3v) is 4.87. The van der Waals surface area contributed by atoms with Crippen LogP contribution in [0.25, 0.3) is 0 Å². The molecule has 0 amide bonds. The highest BCUT2D eigenvalue weighted by Crippen LogP contribution is 2.32. The van der Waals surface area contributed by atoms with Crippen molar-refractivity contribution >= 4 is 40.6 Å². The molecular formula is C17H16Cl3N3. The first-order valence-electron chi connectivity index (χ1n) is 7.41. The number of hydrazine groups is 1. The first kappa shape index (κ1) is 16.4. The Hall–Kier alpha value is -1.42. The predicted octanol–water partition coefficient (Wildman–Crippen LogP) is 5.81. The van der Waals surface area contributed by atoms with Gasteiger partial charge in [-0.2, -0.15) is 0 Å². The average Bonchev–Trinajstić information content (AvgIpc) is 2.58. The molecule has 2 N–H and O–H groups in total. The van der Waals surface area contributed by atoms with Crippen molar-refractivity contribution in [2.75, 3.05) is 5.43 Å². The number of allylic oxidation sites excluding steroid dienone is 2. The molecule has 0 aliphatic heterocycles. The fraction of sp³-hybridized carbons (Fsp3) is 0.235. The van der Waals surface area contributed by atoms with Crippen LogP contribution in [0.5, 0.6) is 0 Å². The van der Waals surface area contributed by atoms with Crippen LogP contribution in [0.4, 0.5) is 5.82 Å². The van der Waals surface area contributed by atoms with Gasteiger partial charge in [0.25, 0.3) is 0 Å². The molecule has 1 aromatic carbocycles. The molecule has 0 bridgehead atoms. The van der Waals surface area contributed by atoms with E-state index in [1.165, 1.54) is 5.56 Å². The molecule has 1 aromatic heterocycles. The van der Waals surface area contributed by atoms with Gasteiger partial charge in [0.1, 0.15) is 5.15 Å². The first-order chi connectivity index (χ1) is 11.1. The van der Waals surface area contributed by atoms with Crippen LogP contribution >= 0.6 is 34.8 Å². The smallest absolute Gasteiger partial charge is 0.165 e. The molecule has 2 aromatic rings. The summed E-state index contributed by atoms with van der Waals surface area (Å²) in [7, 11) is 0. The first-order valence-corrected chi connectivity index (χ1v) is 8.54. The Bertz CT molecular complexity index is 717. The second kappa shape index (κ2) is 7.43. The maximum Gasteiger partial charge on any atom is 0.165 e. The Kier molecular flexibility index (Phi) is 5.31. The third-order valence-electron chi connectivity index (χ3n) is 3.91. The number of nitrogens with one attached hydrogen (secondary N) is 2. The lowest BCUT2D eigenvalue weighted by molar-refractivity contribution is 0.579. The fourth-order valence-corrected chi connectivity index (χ4v) is 3.19. The van der Waals surface area contributed by atoms with Crippen molar-refractivity contribution in [2.24, 2.45) is 0 Å². The van der Waals surface area contributed by atoms with Gasteiger partial charge in [-0.3, -0.25) is 5.43 Å². The van der Waals surface area contributed by atoms with Gasteiger partial charge in [-0.25, -0.2) is 4.98 Å². The maximum atomic E-state index is 6.09. The molecule has 3 rings (SSSR count). The van der Waals surface area contributed by atoms with E-state index < -0.39 is 0 Å². The van der Waals surface area contributed by atoms with Crippen molar-refractivity contribution in [3.8, 4) is 0 Å². The largest absolute Gasteiger partial charge is 0.304 e.